The molecule has 1 N–H and O–H groups in total. The van der Waals surface area contributed by atoms with Crippen LogP contribution in [0.1, 0.15) is 29.8 Å². The van der Waals surface area contributed by atoms with E-state index in [1.807, 2.05) is 18.2 Å². The number of carbonyl (C=O) groups is 1. The Morgan fingerprint density at radius 2 is 1.95 bits per heavy atom. The van der Waals surface area contributed by atoms with Crippen LogP contribution in [-0.2, 0) is 5.41 Å². The highest BCUT2D eigenvalue weighted by atomic mass is 79.9. The number of carbonyl (C=O) groups excluding carboxylic acids is 1. The lowest BCUT2D eigenvalue weighted by molar-refractivity contribution is 0.0945. The number of amides is 1. The molecule has 20 heavy (non-hydrogen) atoms. The molecule has 2 rings (SSSR count). The summed E-state index contributed by atoms with van der Waals surface area (Å²) in [7, 11) is 0. The van der Waals surface area contributed by atoms with Crippen molar-refractivity contribution < 1.29 is 4.79 Å². The maximum absolute atomic E-state index is 12.1. The molecule has 3 nitrogen and oxygen atoms in total. The lowest BCUT2D eigenvalue weighted by atomic mass is 9.84. The normalized spacial score (nSPS) is 11.2. The molecule has 0 atom stereocenters. The maximum atomic E-state index is 12.1. The summed E-state index contributed by atoms with van der Waals surface area (Å²) < 4.78 is 0.660. The highest BCUT2D eigenvalue weighted by Crippen LogP contribution is 2.21. The van der Waals surface area contributed by atoms with Crippen molar-refractivity contribution in [2.75, 3.05) is 6.54 Å². The molecule has 104 valence electrons. The second kappa shape index (κ2) is 6.18. The SMILES string of the molecule is CC(C)(CNC(=O)c1ccnc(Br)c1)c1ccccc1. The van der Waals surface area contributed by atoms with Crippen LogP contribution >= 0.6 is 15.9 Å². The highest BCUT2D eigenvalue weighted by molar-refractivity contribution is 9.10. The minimum atomic E-state index is -0.110. The number of hydrogen-bond acceptors (Lipinski definition) is 2. The molecular weight excluding hydrogens is 316 g/mol. The van der Waals surface area contributed by atoms with E-state index in [9.17, 15) is 4.79 Å². The smallest absolute Gasteiger partial charge is 0.251 e. The second-order valence-corrected chi connectivity index (χ2v) is 6.11. The molecule has 4 heteroatoms. The quantitative estimate of drug-likeness (QED) is 0.870. The number of nitrogens with one attached hydrogen (secondary N) is 1. The van der Waals surface area contributed by atoms with Crippen molar-refractivity contribution in [1.29, 1.82) is 0 Å². The average molecular weight is 333 g/mol. The van der Waals surface area contributed by atoms with Gasteiger partial charge in [0, 0.05) is 23.7 Å². The van der Waals surface area contributed by atoms with E-state index in [2.05, 4.69) is 52.2 Å². The van der Waals surface area contributed by atoms with Crippen molar-refractivity contribution in [3.63, 3.8) is 0 Å². The van der Waals surface area contributed by atoms with E-state index >= 15 is 0 Å². The molecule has 0 aliphatic heterocycles. The maximum Gasteiger partial charge on any atom is 0.251 e. The van der Waals surface area contributed by atoms with E-state index in [0.29, 0.717) is 16.7 Å². The Morgan fingerprint density at radius 1 is 1.25 bits per heavy atom. The van der Waals surface area contributed by atoms with Crippen LogP contribution in [0, 0.1) is 0 Å². The van der Waals surface area contributed by atoms with Gasteiger partial charge in [-0.05, 0) is 33.6 Å². The first-order chi connectivity index (χ1) is 9.49. The van der Waals surface area contributed by atoms with Crippen LogP contribution < -0.4 is 5.32 Å². The molecule has 0 saturated carbocycles. The van der Waals surface area contributed by atoms with Gasteiger partial charge in [0.05, 0.1) is 0 Å². The lowest BCUT2D eigenvalue weighted by Gasteiger charge is -2.25. The number of aromatic nitrogens is 1. The van der Waals surface area contributed by atoms with Crippen molar-refractivity contribution in [3.05, 3.63) is 64.4 Å². The van der Waals surface area contributed by atoms with Crippen molar-refractivity contribution in [3.8, 4) is 0 Å². The number of rotatable bonds is 4. The molecule has 1 amide bonds. The Kier molecular flexibility index (Phi) is 4.55. The van der Waals surface area contributed by atoms with Gasteiger partial charge in [-0.25, -0.2) is 4.98 Å². The fourth-order valence-electron chi connectivity index (χ4n) is 1.94. The molecule has 1 aromatic carbocycles. The van der Waals surface area contributed by atoms with Gasteiger partial charge in [-0.15, -0.1) is 0 Å². The molecule has 0 fully saturated rings. The molecule has 1 heterocycles. The van der Waals surface area contributed by atoms with E-state index in [0.717, 1.165) is 0 Å². The van der Waals surface area contributed by atoms with Gasteiger partial charge < -0.3 is 5.32 Å². The van der Waals surface area contributed by atoms with E-state index in [1.54, 1.807) is 18.3 Å². The molecule has 1 aromatic heterocycles. The van der Waals surface area contributed by atoms with Crippen LogP contribution in [0.3, 0.4) is 0 Å². The number of pyridine rings is 1. The Hall–Kier alpha value is -1.68. The second-order valence-electron chi connectivity index (χ2n) is 5.30. The predicted octanol–water partition coefficient (Wildman–Crippen LogP) is 3.55. The van der Waals surface area contributed by atoms with Gasteiger partial charge in [0.1, 0.15) is 4.60 Å². The fourth-order valence-corrected chi connectivity index (χ4v) is 2.30. The summed E-state index contributed by atoms with van der Waals surface area (Å²) in [5.41, 5.74) is 1.70. The monoisotopic (exact) mass is 332 g/mol. The molecular formula is C16H17BrN2O. The van der Waals surface area contributed by atoms with Crippen molar-refractivity contribution in [2.24, 2.45) is 0 Å². The molecule has 2 aromatic rings. The minimum Gasteiger partial charge on any atom is -0.351 e. The molecule has 0 unspecified atom stereocenters. The Balaban J connectivity index is 2.03. The highest BCUT2D eigenvalue weighted by Gasteiger charge is 2.21. The van der Waals surface area contributed by atoms with Crippen LogP contribution in [0.4, 0.5) is 0 Å². The standard InChI is InChI=1S/C16H17BrN2O/c1-16(2,13-6-4-3-5-7-13)11-19-15(20)12-8-9-18-14(17)10-12/h3-10H,11H2,1-2H3,(H,19,20). The molecule has 0 radical (unpaired) electrons. The zero-order valence-corrected chi connectivity index (χ0v) is 13.1. The zero-order chi connectivity index (χ0) is 14.6. The van der Waals surface area contributed by atoms with Crippen LogP contribution in [0.25, 0.3) is 0 Å². The van der Waals surface area contributed by atoms with Crippen LogP contribution in [0.5, 0.6) is 0 Å². The Morgan fingerprint density at radius 3 is 2.60 bits per heavy atom. The van der Waals surface area contributed by atoms with Crippen LogP contribution in [0.15, 0.2) is 53.3 Å². The Bertz CT molecular complexity index is 596. The summed E-state index contributed by atoms with van der Waals surface area (Å²) in [5, 5.41) is 2.98. The number of nitrogens with zero attached hydrogens (tertiary/aromatic N) is 1. The van der Waals surface area contributed by atoms with Gasteiger partial charge in [-0.3, -0.25) is 4.79 Å². The summed E-state index contributed by atoms with van der Waals surface area (Å²) in [6, 6.07) is 13.6. The van der Waals surface area contributed by atoms with E-state index in [1.165, 1.54) is 5.56 Å². The van der Waals surface area contributed by atoms with Gasteiger partial charge in [-0.2, -0.15) is 0 Å². The summed E-state index contributed by atoms with van der Waals surface area (Å²) >= 11 is 3.27. The van der Waals surface area contributed by atoms with Gasteiger partial charge in [0.2, 0.25) is 0 Å². The van der Waals surface area contributed by atoms with E-state index in [-0.39, 0.29) is 11.3 Å². The predicted molar refractivity (Wildman–Crippen MR) is 83.7 cm³/mol. The van der Waals surface area contributed by atoms with Crippen molar-refractivity contribution >= 4 is 21.8 Å². The summed E-state index contributed by atoms with van der Waals surface area (Å²) in [6.07, 6.45) is 1.61. The number of hydrogen-bond donors (Lipinski definition) is 1. The Labute approximate surface area is 127 Å². The average Bonchev–Trinajstić information content (AvgIpc) is 2.46. The number of benzene rings is 1. The van der Waals surface area contributed by atoms with E-state index < -0.39 is 0 Å². The number of halogens is 1. The third-order valence-electron chi connectivity index (χ3n) is 3.23. The molecule has 0 aliphatic carbocycles. The first kappa shape index (κ1) is 14.7. The first-order valence-corrected chi connectivity index (χ1v) is 7.24. The molecule has 0 spiro atoms. The zero-order valence-electron chi connectivity index (χ0n) is 11.6. The van der Waals surface area contributed by atoms with Gasteiger partial charge in [0.25, 0.3) is 5.91 Å². The molecule has 0 aliphatic rings. The van der Waals surface area contributed by atoms with Crippen molar-refractivity contribution in [2.45, 2.75) is 19.3 Å². The largest absolute Gasteiger partial charge is 0.351 e. The summed E-state index contributed by atoms with van der Waals surface area (Å²) in [6.45, 7) is 4.81. The van der Waals surface area contributed by atoms with Crippen LogP contribution in [-0.4, -0.2) is 17.4 Å². The van der Waals surface area contributed by atoms with Crippen LogP contribution in [0.2, 0.25) is 0 Å². The van der Waals surface area contributed by atoms with E-state index in [4.69, 9.17) is 0 Å². The topological polar surface area (TPSA) is 42.0 Å². The summed E-state index contributed by atoms with van der Waals surface area (Å²) in [5.74, 6) is -0.0860. The third kappa shape index (κ3) is 3.67. The third-order valence-corrected chi connectivity index (χ3v) is 3.67. The van der Waals surface area contributed by atoms with Crippen molar-refractivity contribution in [1.82, 2.24) is 10.3 Å². The lowest BCUT2D eigenvalue weighted by Crippen LogP contribution is -2.36. The first-order valence-electron chi connectivity index (χ1n) is 6.44. The minimum absolute atomic E-state index is 0.0860. The molecule has 0 saturated heterocycles. The van der Waals surface area contributed by atoms with Gasteiger partial charge >= 0.3 is 0 Å². The fraction of sp³-hybridized carbons (Fsp3) is 0.250. The van der Waals surface area contributed by atoms with Gasteiger partial charge in [0.15, 0.2) is 0 Å². The molecule has 0 bridgehead atoms. The summed E-state index contributed by atoms with van der Waals surface area (Å²) in [4.78, 5) is 16.1. The van der Waals surface area contributed by atoms with Gasteiger partial charge in [-0.1, -0.05) is 44.2 Å².